The summed E-state index contributed by atoms with van der Waals surface area (Å²) in [4.78, 5) is 21.3. The number of carbonyl (C=O) groups is 1. The van der Waals surface area contributed by atoms with E-state index in [1.54, 1.807) is 0 Å². The van der Waals surface area contributed by atoms with Crippen LogP contribution in [0.25, 0.3) is 0 Å². The molecule has 1 amide bonds. The van der Waals surface area contributed by atoms with Gasteiger partial charge in [-0.15, -0.1) is 11.3 Å². The summed E-state index contributed by atoms with van der Waals surface area (Å²) in [5.41, 5.74) is 3.23. The first-order valence-corrected chi connectivity index (χ1v) is 12.6. The van der Waals surface area contributed by atoms with Crippen molar-refractivity contribution in [2.75, 3.05) is 33.3 Å². The first-order valence-electron chi connectivity index (χ1n) is 11.7. The minimum Gasteiger partial charge on any atom is -0.493 e. The smallest absolute Gasteiger partial charge is 0.273 e. The van der Waals surface area contributed by atoms with E-state index < -0.39 is 0 Å². The molecule has 2 aromatic carbocycles. The average Bonchev–Trinajstić information content (AvgIpc) is 3.29. The molecule has 0 aliphatic carbocycles. The number of likely N-dealkylation sites (tertiary alicyclic amines) is 1. The number of likely N-dealkylation sites (N-methyl/N-ethyl adjacent to an activating group) is 1. The lowest BCUT2D eigenvalue weighted by atomic mass is 9.98. The van der Waals surface area contributed by atoms with Gasteiger partial charge in [-0.25, -0.2) is 4.98 Å². The van der Waals surface area contributed by atoms with Crippen molar-refractivity contribution >= 4 is 17.2 Å². The molecule has 1 atom stereocenters. The highest BCUT2D eigenvalue weighted by Crippen LogP contribution is 2.21. The Balaban J connectivity index is 1.21. The standard InChI is InChI=1S/C27H33N3O2S/c1-21-28-26(20-33-21)27(31)30-15-6-9-24(18-30)19-32-25-12-10-23(11-13-25)17-29(2)16-14-22-7-4-3-5-8-22/h3-5,7-8,10-13,20,24H,6,9,14-19H2,1-2H3. The summed E-state index contributed by atoms with van der Waals surface area (Å²) in [5.74, 6) is 1.29. The van der Waals surface area contributed by atoms with Crippen molar-refractivity contribution in [2.45, 2.75) is 32.7 Å². The molecule has 174 valence electrons. The van der Waals surface area contributed by atoms with Crippen LogP contribution in [0.2, 0.25) is 0 Å². The summed E-state index contributed by atoms with van der Waals surface area (Å²) >= 11 is 1.52. The minimum absolute atomic E-state index is 0.0461. The largest absolute Gasteiger partial charge is 0.493 e. The Morgan fingerprint density at radius 1 is 1.15 bits per heavy atom. The predicted molar refractivity (Wildman–Crippen MR) is 134 cm³/mol. The number of amides is 1. The Hall–Kier alpha value is -2.70. The molecule has 1 aliphatic heterocycles. The molecule has 3 aromatic rings. The molecule has 33 heavy (non-hydrogen) atoms. The first kappa shape index (κ1) is 23.5. The van der Waals surface area contributed by atoms with Crippen molar-refractivity contribution in [1.82, 2.24) is 14.8 Å². The minimum atomic E-state index is 0.0461. The summed E-state index contributed by atoms with van der Waals surface area (Å²) in [6, 6.07) is 19.0. The van der Waals surface area contributed by atoms with Crippen LogP contribution in [0, 0.1) is 12.8 Å². The third-order valence-electron chi connectivity index (χ3n) is 6.13. The molecule has 1 aromatic heterocycles. The number of hydrogen-bond acceptors (Lipinski definition) is 5. The van der Waals surface area contributed by atoms with Gasteiger partial charge in [0, 0.05) is 37.5 Å². The van der Waals surface area contributed by atoms with Gasteiger partial charge in [-0.2, -0.15) is 0 Å². The van der Waals surface area contributed by atoms with Crippen LogP contribution < -0.4 is 4.74 Å². The van der Waals surface area contributed by atoms with E-state index in [-0.39, 0.29) is 5.91 Å². The lowest BCUT2D eigenvalue weighted by molar-refractivity contribution is 0.0628. The van der Waals surface area contributed by atoms with Gasteiger partial charge in [0.15, 0.2) is 0 Å². The Labute approximate surface area is 201 Å². The van der Waals surface area contributed by atoms with Crippen molar-refractivity contribution in [3.8, 4) is 5.75 Å². The summed E-state index contributed by atoms with van der Waals surface area (Å²) in [7, 11) is 2.16. The normalized spacial score (nSPS) is 16.2. The maximum absolute atomic E-state index is 12.7. The van der Waals surface area contributed by atoms with Crippen molar-refractivity contribution in [2.24, 2.45) is 5.92 Å². The molecule has 0 saturated carbocycles. The van der Waals surface area contributed by atoms with Gasteiger partial charge in [0.1, 0.15) is 11.4 Å². The molecular formula is C27H33N3O2S. The number of aromatic nitrogens is 1. The van der Waals surface area contributed by atoms with Crippen LogP contribution in [0.3, 0.4) is 0 Å². The molecule has 1 unspecified atom stereocenters. The fourth-order valence-electron chi connectivity index (χ4n) is 4.27. The second kappa shape index (κ2) is 11.4. The maximum Gasteiger partial charge on any atom is 0.273 e. The number of rotatable bonds is 9. The number of ether oxygens (including phenoxy) is 1. The highest BCUT2D eigenvalue weighted by atomic mass is 32.1. The molecule has 2 heterocycles. The molecule has 0 radical (unpaired) electrons. The van der Waals surface area contributed by atoms with E-state index in [0.29, 0.717) is 18.2 Å². The lowest BCUT2D eigenvalue weighted by Crippen LogP contribution is -2.41. The highest BCUT2D eigenvalue weighted by Gasteiger charge is 2.26. The summed E-state index contributed by atoms with van der Waals surface area (Å²) < 4.78 is 6.08. The van der Waals surface area contributed by atoms with Gasteiger partial charge in [-0.3, -0.25) is 4.79 Å². The monoisotopic (exact) mass is 463 g/mol. The van der Waals surface area contributed by atoms with Gasteiger partial charge in [0.05, 0.1) is 11.6 Å². The van der Waals surface area contributed by atoms with E-state index in [1.165, 1.54) is 22.5 Å². The molecule has 1 saturated heterocycles. The number of nitrogens with zero attached hydrogens (tertiary/aromatic N) is 3. The second-order valence-electron chi connectivity index (χ2n) is 8.94. The SMILES string of the molecule is Cc1nc(C(=O)N2CCCC(COc3ccc(CN(C)CCc4ccccc4)cc3)C2)cs1. The van der Waals surface area contributed by atoms with E-state index in [2.05, 4.69) is 71.5 Å². The van der Waals surface area contributed by atoms with Crippen LogP contribution in [0.15, 0.2) is 60.0 Å². The van der Waals surface area contributed by atoms with Crippen LogP contribution in [0.5, 0.6) is 5.75 Å². The zero-order chi connectivity index (χ0) is 23.0. The van der Waals surface area contributed by atoms with Gasteiger partial charge < -0.3 is 14.5 Å². The molecule has 0 N–H and O–H groups in total. The van der Waals surface area contributed by atoms with E-state index in [0.717, 1.165) is 56.2 Å². The lowest BCUT2D eigenvalue weighted by Gasteiger charge is -2.32. The van der Waals surface area contributed by atoms with Crippen molar-refractivity contribution in [3.05, 3.63) is 81.8 Å². The zero-order valence-electron chi connectivity index (χ0n) is 19.6. The van der Waals surface area contributed by atoms with Crippen molar-refractivity contribution in [1.29, 1.82) is 0 Å². The van der Waals surface area contributed by atoms with E-state index in [4.69, 9.17) is 4.74 Å². The van der Waals surface area contributed by atoms with Crippen molar-refractivity contribution < 1.29 is 9.53 Å². The Morgan fingerprint density at radius 2 is 1.94 bits per heavy atom. The molecule has 6 heteroatoms. The summed E-state index contributed by atoms with van der Waals surface area (Å²) in [6.07, 6.45) is 3.16. The number of hydrogen-bond donors (Lipinski definition) is 0. The van der Waals surface area contributed by atoms with Crippen LogP contribution in [-0.4, -0.2) is 54.0 Å². The molecule has 1 fully saturated rings. The quantitative estimate of drug-likeness (QED) is 0.445. The van der Waals surface area contributed by atoms with Gasteiger partial charge in [-0.05, 0) is 56.5 Å². The highest BCUT2D eigenvalue weighted by molar-refractivity contribution is 7.09. The van der Waals surface area contributed by atoms with Crippen LogP contribution in [-0.2, 0) is 13.0 Å². The zero-order valence-corrected chi connectivity index (χ0v) is 20.4. The molecular weight excluding hydrogens is 430 g/mol. The number of aryl methyl sites for hydroxylation is 1. The number of benzene rings is 2. The maximum atomic E-state index is 12.7. The molecule has 5 nitrogen and oxygen atoms in total. The Kier molecular flexibility index (Phi) is 8.13. The van der Waals surface area contributed by atoms with E-state index in [9.17, 15) is 4.79 Å². The third kappa shape index (κ3) is 6.89. The van der Waals surface area contributed by atoms with E-state index in [1.807, 2.05) is 17.2 Å². The van der Waals surface area contributed by atoms with Gasteiger partial charge >= 0.3 is 0 Å². The fraction of sp³-hybridized carbons (Fsp3) is 0.407. The summed E-state index contributed by atoms with van der Waals surface area (Å²) in [6.45, 7) is 6.05. The average molecular weight is 464 g/mol. The molecule has 1 aliphatic rings. The predicted octanol–water partition coefficient (Wildman–Crippen LogP) is 5.06. The fourth-order valence-corrected chi connectivity index (χ4v) is 4.86. The van der Waals surface area contributed by atoms with Gasteiger partial charge in [-0.1, -0.05) is 42.5 Å². The van der Waals surface area contributed by atoms with Crippen LogP contribution >= 0.6 is 11.3 Å². The van der Waals surface area contributed by atoms with Crippen molar-refractivity contribution in [3.63, 3.8) is 0 Å². The Morgan fingerprint density at radius 3 is 2.67 bits per heavy atom. The van der Waals surface area contributed by atoms with Gasteiger partial charge in [0.25, 0.3) is 5.91 Å². The summed E-state index contributed by atoms with van der Waals surface area (Å²) in [5, 5.41) is 2.79. The second-order valence-corrected chi connectivity index (χ2v) is 10.0. The topological polar surface area (TPSA) is 45.7 Å². The Bertz CT molecular complexity index is 1020. The number of piperidine rings is 1. The van der Waals surface area contributed by atoms with E-state index >= 15 is 0 Å². The molecule has 0 spiro atoms. The number of carbonyl (C=O) groups excluding carboxylic acids is 1. The third-order valence-corrected chi connectivity index (χ3v) is 6.90. The first-order chi connectivity index (χ1) is 16.1. The van der Waals surface area contributed by atoms with Crippen LogP contribution in [0.1, 0.15) is 39.5 Å². The molecule has 0 bridgehead atoms. The molecule has 4 rings (SSSR count). The number of thiazole rings is 1. The van der Waals surface area contributed by atoms with Gasteiger partial charge in [0.2, 0.25) is 0 Å². The van der Waals surface area contributed by atoms with Crippen LogP contribution in [0.4, 0.5) is 0 Å².